The van der Waals surface area contributed by atoms with Crippen LogP contribution < -0.4 is 10.1 Å². The van der Waals surface area contributed by atoms with Crippen LogP contribution in [-0.2, 0) is 11.2 Å². The van der Waals surface area contributed by atoms with Crippen LogP contribution in [0.2, 0.25) is 0 Å². The van der Waals surface area contributed by atoms with Crippen molar-refractivity contribution in [2.45, 2.75) is 63.7 Å². The van der Waals surface area contributed by atoms with Crippen molar-refractivity contribution in [1.29, 1.82) is 0 Å². The first kappa shape index (κ1) is 25.9. The molecule has 0 aliphatic rings. The summed E-state index contributed by atoms with van der Waals surface area (Å²) in [5, 5.41) is 12.2. The molecule has 0 saturated carbocycles. The lowest BCUT2D eigenvalue weighted by molar-refractivity contribution is -0.116. The third kappa shape index (κ3) is 10.3. The molecule has 0 unspecified atom stereocenters. The Kier molecular flexibility index (Phi) is 12.5. The summed E-state index contributed by atoms with van der Waals surface area (Å²) in [5.41, 5.74) is 2.07. The quantitative estimate of drug-likeness (QED) is 0.180. The SMILES string of the molecule is CCCCCOc1ccc(/C=C/C(=O)NCCc2ccc(O)cc2)cc1SCCCCC. The van der Waals surface area contributed by atoms with Crippen LogP contribution in [0.25, 0.3) is 6.08 Å². The summed E-state index contributed by atoms with van der Waals surface area (Å²) in [6.45, 7) is 5.71. The first-order chi connectivity index (χ1) is 15.6. The van der Waals surface area contributed by atoms with E-state index in [1.54, 1.807) is 18.2 Å². The van der Waals surface area contributed by atoms with Crippen LogP contribution in [0.15, 0.2) is 53.4 Å². The molecule has 0 spiro atoms. The third-order valence-corrected chi connectivity index (χ3v) is 6.18. The molecule has 0 aliphatic carbocycles. The first-order valence-electron chi connectivity index (χ1n) is 11.8. The minimum Gasteiger partial charge on any atom is -0.508 e. The van der Waals surface area contributed by atoms with Crippen LogP contribution in [0.1, 0.15) is 63.5 Å². The van der Waals surface area contributed by atoms with Gasteiger partial charge in [0.05, 0.1) is 6.61 Å². The number of unbranched alkanes of at least 4 members (excludes halogenated alkanes) is 4. The van der Waals surface area contributed by atoms with E-state index in [4.69, 9.17) is 4.74 Å². The van der Waals surface area contributed by atoms with E-state index in [-0.39, 0.29) is 11.7 Å². The minimum atomic E-state index is -0.110. The summed E-state index contributed by atoms with van der Waals surface area (Å²) in [6.07, 6.45) is 11.2. The van der Waals surface area contributed by atoms with Gasteiger partial charge in [-0.15, -0.1) is 11.8 Å². The molecule has 2 N–H and O–H groups in total. The number of aromatic hydroxyl groups is 1. The highest BCUT2D eigenvalue weighted by Crippen LogP contribution is 2.32. The zero-order valence-corrected chi connectivity index (χ0v) is 20.3. The number of hydrogen-bond donors (Lipinski definition) is 2. The number of thioether (sulfide) groups is 1. The molecule has 0 aromatic heterocycles. The third-order valence-electron chi connectivity index (χ3n) is 5.06. The zero-order chi connectivity index (χ0) is 23.0. The average Bonchev–Trinajstić information content (AvgIpc) is 2.80. The van der Waals surface area contributed by atoms with Gasteiger partial charge in [0.25, 0.3) is 0 Å². The molecular weight excluding hydrogens is 418 g/mol. The number of amides is 1. The number of carbonyl (C=O) groups is 1. The van der Waals surface area contributed by atoms with Gasteiger partial charge in [0.2, 0.25) is 5.91 Å². The Morgan fingerprint density at radius 2 is 1.78 bits per heavy atom. The predicted octanol–water partition coefficient (Wildman–Crippen LogP) is 6.62. The van der Waals surface area contributed by atoms with E-state index in [1.807, 2.05) is 42.1 Å². The molecule has 0 fully saturated rings. The predicted molar refractivity (Wildman–Crippen MR) is 136 cm³/mol. The fraction of sp³-hybridized carbons (Fsp3) is 0.444. The number of benzene rings is 2. The molecule has 2 rings (SSSR count). The molecule has 4 nitrogen and oxygen atoms in total. The number of phenols is 1. The Morgan fingerprint density at radius 1 is 1.03 bits per heavy atom. The van der Waals surface area contributed by atoms with Gasteiger partial charge in [0.1, 0.15) is 11.5 Å². The van der Waals surface area contributed by atoms with Crippen LogP contribution >= 0.6 is 11.8 Å². The van der Waals surface area contributed by atoms with Crippen LogP contribution in [0, 0.1) is 0 Å². The van der Waals surface area contributed by atoms with Gasteiger partial charge in [-0.3, -0.25) is 4.79 Å². The number of rotatable bonds is 15. The highest BCUT2D eigenvalue weighted by molar-refractivity contribution is 7.99. The number of hydrogen-bond acceptors (Lipinski definition) is 4. The fourth-order valence-electron chi connectivity index (χ4n) is 3.15. The summed E-state index contributed by atoms with van der Waals surface area (Å²) in [7, 11) is 0. The second-order valence-electron chi connectivity index (χ2n) is 7.86. The van der Waals surface area contributed by atoms with Crippen molar-refractivity contribution in [3.63, 3.8) is 0 Å². The second kappa shape index (κ2) is 15.4. The Hall–Kier alpha value is -2.40. The largest absolute Gasteiger partial charge is 0.508 e. The normalized spacial score (nSPS) is 11.1. The van der Waals surface area contributed by atoms with Crippen molar-refractivity contribution in [3.05, 3.63) is 59.7 Å². The maximum absolute atomic E-state index is 12.2. The lowest BCUT2D eigenvalue weighted by Crippen LogP contribution is -2.23. The number of phenolic OH excluding ortho intramolecular Hbond substituents is 1. The standard InChI is InChI=1S/C27H37NO3S/c1-3-5-7-19-31-25-15-11-23(21-26(25)32-20-8-6-4-2)12-16-27(30)28-18-17-22-9-13-24(29)14-10-22/h9-16,21,29H,3-8,17-20H2,1-2H3,(H,28,30)/b16-12+. The van der Waals surface area contributed by atoms with Crippen molar-refractivity contribution < 1.29 is 14.6 Å². The van der Waals surface area contributed by atoms with E-state index in [2.05, 4.69) is 25.2 Å². The lowest BCUT2D eigenvalue weighted by Gasteiger charge is -2.12. The maximum atomic E-state index is 12.2. The van der Waals surface area contributed by atoms with Crippen molar-refractivity contribution in [1.82, 2.24) is 5.32 Å². The molecule has 1 amide bonds. The van der Waals surface area contributed by atoms with Gasteiger partial charge in [-0.1, -0.05) is 57.7 Å². The molecular formula is C27H37NO3S. The zero-order valence-electron chi connectivity index (χ0n) is 19.4. The van der Waals surface area contributed by atoms with Crippen molar-refractivity contribution >= 4 is 23.7 Å². The first-order valence-corrected chi connectivity index (χ1v) is 12.7. The molecule has 32 heavy (non-hydrogen) atoms. The summed E-state index contributed by atoms with van der Waals surface area (Å²) in [6, 6.07) is 13.2. The topological polar surface area (TPSA) is 58.6 Å². The molecule has 0 radical (unpaired) electrons. The molecule has 5 heteroatoms. The highest BCUT2D eigenvalue weighted by atomic mass is 32.2. The smallest absolute Gasteiger partial charge is 0.244 e. The monoisotopic (exact) mass is 455 g/mol. The van der Waals surface area contributed by atoms with Crippen molar-refractivity contribution in [2.75, 3.05) is 18.9 Å². The average molecular weight is 456 g/mol. The van der Waals surface area contributed by atoms with Gasteiger partial charge in [-0.25, -0.2) is 0 Å². The van der Waals surface area contributed by atoms with Gasteiger partial charge in [0.15, 0.2) is 0 Å². The summed E-state index contributed by atoms with van der Waals surface area (Å²) in [5.74, 6) is 2.16. The molecule has 2 aromatic carbocycles. The Bertz CT molecular complexity index is 833. The van der Waals surface area contributed by atoms with Crippen LogP contribution in [0.5, 0.6) is 11.5 Å². The molecule has 0 heterocycles. The Labute approximate surface area is 197 Å². The van der Waals surface area contributed by atoms with E-state index in [1.165, 1.54) is 32.1 Å². The van der Waals surface area contributed by atoms with Gasteiger partial charge in [0, 0.05) is 17.5 Å². The molecule has 174 valence electrons. The lowest BCUT2D eigenvalue weighted by atomic mass is 10.1. The Balaban J connectivity index is 1.90. The number of nitrogens with one attached hydrogen (secondary N) is 1. The van der Waals surface area contributed by atoms with E-state index < -0.39 is 0 Å². The van der Waals surface area contributed by atoms with Gasteiger partial charge < -0.3 is 15.2 Å². The summed E-state index contributed by atoms with van der Waals surface area (Å²) < 4.78 is 6.04. The second-order valence-corrected chi connectivity index (χ2v) is 8.99. The van der Waals surface area contributed by atoms with E-state index in [9.17, 15) is 9.90 Å². The van der Waals surface area contributed by atoms with Crippen LogP contribution in [-0.4, -0.2) is 29.9 Å². The molecule has 0 aliphatic heterocycles. The Morgan fingerprint density at radius 3 is 2.53 bits per heavy atom. The van der Waals surface area contributed by atoms with Gasteiger partial charge >= 0.3 is 0 Å². The fourth-order valence-corrected chi connectivity index (χ4v) is 4.21. The number of ether oxygens (including phenoxy) is 1. The highest BCUT2D eigenvalue weighted by Gasteiger charge is 2.06. The molecule has 0 atom stereocenters. The van der Waals surface area contributed by atoms with Gasteiger partial charge in [-0.2, -0.15) is 0 Å². The van der Waals surface area contributed by atoms with Crippen molar-refractivity contribution in [2.24, 2.45) is 0 Å². The van der Waals surface area contributed by atoms with E-state index in [0.29, 0.717) is 6.54 Å². The van der Waals surface area contributed by atoms with Crippen LogP contribution in [0.4, 0.5) is 0 Å². The van der Waals surface area contributed by atoms with Crippen LogP contribution in [0.3, 0.4) is 0 Å². The minimum absolute atomic E-state index is 0.110. The molecule has 0 bridgehead atoms. The van der Waals surface area contributed by atoms with Crippen molar-refractivity contribution in [3.8, 4) is 11.5 Å². The van der Waals surface area contributed by atoms with E-state index >= 15 is 0 Å². The number of carbonyl (C=O) groups excluding carboxylic acids is 1. The maximum Gasteiger partial charge on any atom is 0.244 e. The molecule has 2 aromatic rings. The summed E-state index contributed by atoms with van der Waals surface area (Å²) in [4.78, 5) is 13.3. The molecule has 0 saturated heterocycles. The summed E-state index contributed by atoms with van der Waals surface area (Å²) >= 11 is 1.83. The van der Waals surface area contributed by atoms with Gasteiger partial charge in [-0.05, 0) is 66.5 Å². The van der Waals surface area contributed by atoms with E-state index in [0.717, 1.165) is 47.0 Å².